The molecule has 0 unspecified atom stereocenters. The molecule has 12 heteroatoms. The molecule has 1 aromatic heterocycles. The number of rotatable bonds is 12. The Hall–Kier alpha value is -5.20. The van der Waals surface area contributed by atoms with Crippen LogP contribution in [0, 0.1) is 5.82 Å². The smallest absolute Gasteiger partial charge is 0.347 e. The summed E-state index contributed by atoms with van der Waals surface area (Å²) in [6.07, 6.45) is 1.01. The van der Waals surface area contributed by atoms with Gasteiger partial charge in [0.15, 0.2) is 11.6 Å². The lowest BCUT2D eigenvalue weighted by atomic mass is 10.0. The number of aryl methyl sites for hydroxylation is 1. The first kappa shape index (κ1) is 31.2. The summed E-state index contributed by atoms with van der Waals surface area (Å²) in [4.78, 5) is 23.5. The van der Waals surface area contributed by atoms with Crippen LogP contribution in [0.15, 0.2) is 107 Å². The van der Waals surface area contributed by atoms with E-state index in [0.29, 0.717) is 18.4 Å². The van der Waals surface area contributed by atoms with Crippen molar-refractivity contribution in [2.24, 2.45) is 0 Å². The largest absolute Gasteiger partial charge is 0.508 e. The van der Waals surface area contributed by atoms with E-state index in [1.807, 2.05) is 6.07 Å². The summed E-state index contributed by atoms with van der Waals surface area (Å²) < 4.78 is 48.2. The maximum atomic E-state index is 14.7. The number of carbonyl (C=O) groups is 2. The number of benzene rings is 4. The van der Waals surface area contributed by atoms with Crippen molar-refractivity contribution in [3.8, 4) is 22.6 Å². The Balaban J connectivity index is 1.11. The van der Waals surface area contributed by atoms with E-state index in [0.717, 1.165) is 28.0 Å². The summed E-state index contributed by atoms with van der Waals surface area (Å²) in [7, 11) is -4.09. The van der Waals surface area contributed by atoms with E-state index in [4.69, 9.17) is 4.74 Å². The number of ether oxygens (including phenoxy) is 1. The van der Waals surface area contributed by atoms with Crippen molar-refractivity contribution in [3.05, 3.63) is 124 Å². The van der Waals surface area contributed by atoms with Gasteiger partial charge in [0.05, 0.1) is 6.61 Å². The highest BCUT2D eigenvalue weighted by atomic mass is 32.2. The number of hydrogen-bond donors (Lipinski definition) is 4. The predicted octanol–water partition coefficient (Wildman–Crippen LogP) is 7.02. The monoisotopic (exact) mass is 646 g/mol. The average molecular weight is 647 g/mol. The van der Waals surface area contributed by atoms with Crippen molar-refractivity contribution in [3.63, 3.8) is 0 Å². The quantitative estimate of drug-likeness (QED) is 0.107. The van der Waals surface area contributed by atoms with E-state index in [-0.39, 0.29) is 39.3 Å². The molecular formula is C33H27FN2O7S2. The SMILES string of the molecule is O=C(Nc1ccc(OCCCc2cccc(NS(=O)(=O)c3ccsc3C(=O)O)c2)c(F)c1)c1ccc(-c2ccc(O)cc2)cc1. The molecule has 0 fully saturated rings. The zero-order valence-corrected chi connectivity index (χ0v) is 25.2. The van der Waals surface area contributed by atoms with Crippen molar-refractivity contribution >= 4 is 44.6 Å². The van der Waals surface area contributed by atoms with Gasteiger partial charge in [-0.05, 0) is 89.5 Å². The average Bonchev–Trinajstić information content (AvgIpc) is 3.53. The fourth-order valence-corrected chi connectivity index (χ4v) is 6.80. The number of phenolic OH excluding ortho intramolecular Hbond substituents is 1. The highest BCUT2D eigenvalue weighted by Crippen LogP contribution is 2.26. The number of halogens is 1. The van der Waals surface area contributed by atoms with E-state index in [1.165, 1.54) is 23.6 Å². The molecule has 9 nitrogen and oxygen atoms in total. The molecule has 4 aromatic carbocycles. The van der Waals surface area contributed by atoms with Crippen LogP contribution < -0.4 is 14.8 Å². The van der Waals surface area contributed by atoms with Gasteiger partial charge in [0, 0.05) is 23.0 Å². The molecule has 1 heterocycles. The maximum Gasteiger partial charge on any atom is 0.347 e. The number of carboxylic acid groups (broad SMARTS) is 1. The van der Waals surface area contributed by atoms with E-state index in [2.05, 4.69) is 10.0 Å². The zero-order valence-electron chi connectivity index (χ0n) is 23.6. The molecule has 0 bridgehead atoms. The molecule has 5 rings (SSSR count). The van der Waals surface area contributed by atoms with Gasteiger partial charge in [-0.25, -0.2) is 17.6 Å². The number of nitrogens with one attached hydrogen (secondary N) is 2. The summed E-state index contributed by atoms with van der Waals surface area (Å²) >= 11 is 0.830. The molecule has 0 aliphatic carbocycles. The second kappa shape index (κ2) is 13.6. The Labute approximate surface area is 262 Å². The number of aromatic hydroxyl groups is 1. The molecular weight excluding hydrogens is 620 g/mol. The third-order valence-corrected chi connectivity index (χ3v) is 9.15. The van der Waals surface area contributed by atoms with Crippen LogP contribution in [-0.4, -0.2) is 37.1 Å². The third-order valence-electron chi connectivity index (χ3n) is 6.70. The van der Waals surface area contributed by atoms with Crippen molar-refractivity contribution in [2.45, 2.75) is 17.7 Å². The Morgan fingerprint density at radius 3 is 2.27 bits per heavy atom. The van der Waals surface area contributed by atoms with Crippen LogP contribution in [-0.2, 0) is 16.4 Å². The lowest BCUT2D eigenvalue weighted by Gasteiger charge is -2.11. The lowest BCUT2D eigenvalue weighted by molar-refractivity contribution is 0.0698. The highest BCUT2D eigenvalue weighted by Gasteiger charge is 2.24. The van der Waals surface area contributed by atoms with Crippen molar-refractivity contribution in [2.75, 3.05) is 16.6 Å². The summed E-state index contributed by atoms with van der Waals surface area (Å²) in [6.45, 7) is 0.183. The van der Waals surface area contributed by atoms with E-state index in [9.17, 15) is 32.6 Å². The zero-order chi connectivity index (χ0) is 32.0. The standard InChI is InChI=1S/C33H27FN2O7S2/c34-28-20-25(35-32(38)24-8-6-22(7-9-24)23-10-13-27(37)14-11-23)12-15-29(28)43-17-2-4-21-3-1-5-26(19-21)36-45(41,42)30-16-18-44-31(30)33(39)40/h1,3,5-16,18-20,36-37H,2,4,17H2,(H,35,38)(H,39,40). The van der Waals surface area contributed by atoms with Crippen LogP contribution in [0.1, 0.15) is 32.0 Å². The molecule has 1 amide bonds. The number of thiophene rings is 1. The van der Waals surface area contributed by atoms with Crippen molar-refractivity contribution in [1.82, 2.24) is 0 Å². The number of aromatic carboxylic acids is 1. The molecule has 0 saturated carbocycles. The first-order valence-corrected chi connectivity index (χ1v) is 16.0. The van der Waals surface area contributed by atoms with Gasteiger partial charge in [0.25, 0.3) is 15.9 Å². The minimum atomic E-state index is -4.09. The topological polar surface area (TPSA) is 142 Å². The third kappa shape index (κ3) is 7.85. The molecule has 0 atom stereocenters. The predicted molar refractivity (Wildman–Crippen MR) is 170 cm³/mol. The summed E-state index contributed by atoms with van der Waals surface area (Å²) in [5.41, 5.74) is 3.52. The van der Waals surface area contributed by atoms with Gasteiger partial charge < -0.3 is 20.3 Å². The van der Waals surface area contributed by atoms with Crippen molar-refractivity contribution in [1.29, 1.82) is 0 Å². The first-order chi connectivity index (χ1) is 21.6. The van der Waals surface area contributed by atoms with Crippen molar-refractivity contribution < 1.29 is 37.3 Å². The number of hydrogen-bond acceptors (Lipinski definition) is 7. The number of amides is 1. The Morgan fingerprint density at radius 2 is 1.58 bits per heavy atom. The molecule has 45 heavy (non-hydrogen) atoms. The van der Waals surface area contributed by atoms with Crippen LogP contribution in [0.25, 0.3) is 11.1 Å². The number of sulfonamides is 1. The molecule has 5 aromatic rings. The van der Waals surface area contributed by atoms with Gasteiger partial charge in [-0.15, -0.1) is 11.3 Å². The van der Waals surface area contributed by atoms with Crippen LogP contribution >= 0.6 is 11.3 Å². The Bertz CT molecular complexity index is 1940. The van der Waals surface area contributed by atoms with Gasteiger partial charge in [0.2, 0.25) is 0 Å². The fraction of sp³-hybridized carbons (Fsp3) is 0.0909. The highest BCUT2D eigenvalue weighted by molar-refractivity contribution is 7.93. The summed E-state index contributed by atoms with van der Waals surface area (Å²) in [6, 6.07) is 25.7. The van der Waals surface area contributed by atoms with E-state index >= 15 is 0 Å². The fourth-order valence-electron chi connectivity index (χ4n) is 4.49. The van der Waals surface area contributed by atoms with Gasteiger partial charge in [-0.1, -0.05) is 36.4 Å². The molecule has 230 valence electrons. The maximum absolute atomic E-state index is 14.7. The molecule has 0 saturated heterocycles. The van der Waals surface area contributed by atoms with Crippen LogP contribution in [0.4, 0.5) is 15.8 Å². The van der Waals surface area contributed by atoms with E-state index < -0.39 is 27.7 Å². The number of carbonyl (C=O) groups excluding carboxylic acids is 1. The number of phenols is 1. The van der Waals surface area contributed by atoms with Gasteiger partial charge in [-0.2, -0.15) is 0 Å². The molecule has 0 aliphatic rings. The molecule has 0 radical (unpaired) electrons. The second-order valence-electron chi connectivity index (χ2n) is 9.90. The Morgan fingerprint density at radius 1 is 0.867 bits per heavy atom. The normalized spacial score (nSPS) is 11.1. The molecule has 0 aliphatic heterocycles. The van der Waals surface area contributed by atoms with Gasteiger partial charge >= 0.3 is 5.97 Å². The van der Waals surface area contributed by atoms with Crippen LogP contribution in [0.2, 0.25) is 0 Å². The first-order valence-electron chi connectivity index (χ1n) is 13.6. The Kier molecular flexibility index (Phi) is 9.45. The molecule has 4 N–H and O–H groups in total. The summed E-state index contributed by atoms with van der Waals surface area (Å²) in [5, 5.41) is 22.8. The second-order valence-corrected chi connectivity index (χ2v) is 12.5. The minimum Gasteiger partial charge on any atom is -0.508 e. The van der Waals surface area contributed by atoms with Crippen LogP contribution in [0.5, 0.6) is 11.5 Å². The number of anilines is 2. The summed E-state index contributed by atoms with van der Waals surface area (Å²) in [5.74, 6) is -2.16. The molecule has 0 spiro atoms. The minimum absolute atomic E-state index is 0.0257. The number of carboxylic acids is 1. The van der Waals surface area contributed by atoms with E-state index in [1.54, 1.807) is 72.8 Å². The van der Waals surface area contributed by atoms with Gasteiger partial charge in [0.1, 0.15) is 15.5 Å². The van der Waals surface area contributed by atoms with Crippen LogP contribution in [0.3, 0.4) is 0 Å². The van der Waals surface area contributed by atoms with Gasteiger partial charge in [-0.3, -0.25) is 9.52 Å². The lowest BCUT2D eigenvalue weighted by Crippen LogP contribution is -2.15.